The van der Waals surface area contributed by atoms with Crippen molar-refractivity contribution in [3.05, 3.63) is 47.7 Å². The van der Waals surface area contributed by atoms with Gasteiger partial charge in [0.05, 0.1) is 0 Å². The number of hydrogen-bond donors (Lipinski definition) is 1. The first-order valence-corrected chi connectivity index (χ1v) is 6.53. The minimum Gasteiger partial charge on any atom is -0.355 e. The molecule has 0 radical (unpaired) electrons. The van der Waals surface area contributed by atoms with Crippen LogP contribution in [-0.2, 0) is 6.54 Å². The Morgan fingerprint density at radius 2 is 2.00 bits per heavy atom. The first-order valence-electron chi connectivity index (χ1n) is 6.53. The molecule has 19 heavy (non-hydrogen) atoms. The summed E-state index contributed by atoms with van der Waals surface area (Å²) in [5, 5.41) is 3.13. The molecule has 2 aromatic rings. The second kappa shape index (κ2) is 6.18. The van der Waals surface area contributed by atoms with Crippen LogP contribution in [0.3, 0.4) is 0 Å². The Morgan fingerprint density at radius 1 is 1.21 bits per heavy atom. The normalized spacial score (nSPS) is 10.3. The molecule has 100 valence electrons. The maximum atomic E-state index is 4.49. The lowest BCUT2D eigenvalue weighted by Crippen LogP contribution is -2.19. The number of aromatic nitrogens is 2. The van der Waals surface area contributed by atoms with Gasteiger partial charge < -0.3 is 10.2 Å². The molecular weight excluding hydrogens is 236 g/mol. The molecule has 0 unspecified atom stereocenters. The van der Waals surface area contributed by atoms with Crippen molar-refractivity contribution >= 4 is 11.8 Å². The Bertz CT molecular complexity index is 539. The third kappa shape index (κ3) is 3.44. The van der Waals surface area contributed by atoms with Gasteiger partial charge >= 0.3 is 0 Å². The molecule has 1 heterocycles. The van der Waals surface area contributed by atoms with Crippen LogP contribution in [0.5, 0.6) is 0 Å². The van der Waals surface area contributed by atoms with Gasteiger partial charge in [-0.05, 0) is 31.0 Å². The van der Waals surface area contributed by atoms with E-state index < -0.39 is 0 Å². The predicted octanol–water partition coefficient (Wildman–Crippen LogP) is 2.85. The lowest BCUT2D eigenvalue weighted by Gasteiger charge is -2.19. The van der Waals surface area contributed by atoms with Gasteiger partial charge in [0.1, 0.15) is 5.82 Å². The fraction of sp³-hybridized carbons (Fsp3) is 0.333. The van der Waals surface area contributed by atoms with Crippen LogP contribution in [0, 0.1) is 6.92 Å². The lowest BCUT2D eigenvalue weighted by atomic mass is 10.1. The van der Waals surface area contributed by atoms with E-state index in [0.717, 1.165) is 18.9 Å². The maximum Gasteiger partial charge on any atom is 0.224 e. The summed E-state index contributed by atoms with van der Waals surface area (Å²) >= 11 is 0. The standard InChI is InChI=1S/C15H20N4/c1-4-16-15-17-10-9-14(18-15)19(3)11-13-8-6-5-7-12(13)2/h5-10H,4,11H2,1-3H3,(H,16,17,18). The Morgan fingerprint density at radius 3 is 2.74 bits per heavy atom. The van der Waals surface area contributed by atoms with Gasteiger partial charge in [0.15, 0.2) is 0 Å². The maximum absolute atomic E-state index is 4.49. The van der Waals surface area contributed by atoms with E-state index in [4.69, 9.17) is 0 Å². The number of hydrogen-bond acceptors (Lipinski definition) is 4. The van der Waals surface area contributed by atoms with Crippen LogP contribution >= 0.6 is 0 Å². The van der Waals surface area contributed by atoms with Gasteiger partial charge in [-0.3, -0.25) is 0 Å². The fourth-order valence-electron chi connectivity index (χ4n) is 1.93. The highest BCUT2D eigenvalue weighted by Crippen LogP contribution is 2.15. The molecule has 1 aromatic carbocycles. The number of benzene rings is 1. The second-order valence-electron chi connectivity index (χ2n) is 4.55. The lowest BCUT2D eigenvalue weighted by molar-refractivity contribution is 0.884. The van der Waals surface area contributed by atoms with Crippen molar-refractivity contribution in [3.8, 4) is 0 Å². The number of rotatable bonds is 5. The van der Waals surface area contributed by atoms with E-state index in [1.54, 1.807) is 6.20 Å². The van der Waals surface area contributed by atoms with Gasteiger partial charge in [0.25, 0.3) is 0 Å². The van der Waals surface area contributed by atoms with Crippen LogP contribution < -0.4 is 10.2 Å². The zero-order chi connectivity index (χ0) is 13.7. The second-order valence-corrected chi connectivity index (χ2v) is 4.55. The number of aryl methyl sites for hydroxylation is 1. The summed E-state index contributed by atoms with van der Waals surface area (Å²) in [4.78, 5) is 10.8. The summed E-state index contributed by atoms with van der Waals surface area (Å²) in [7, 11) is 2.05. The Kier molecular flexibility index (Phi) is 4.34. The molecule has 1 aromatic heterocycles. The summed E-state index contributed by atoms with van der Waals surface area (Å²) in [5.74, 6) is 1.60. The SMILES string of the molecule is CCNc1nccc(N(C)Cc2ccccc2C)n1. The number of anilines is 2. The number of nitrogens with one attached hydrogen (secondary N) is 1. The summed E-state index contributed by atoms with van der Waals surface area (Å²) in [6, 6.07) is 10.3. The van der Waals surface area contributed by atoms with Crippen LogP contribution in [0.4, 0.5) is 11.8 Å². The van der Waals surface area contributed by atoms with Crippen LogP contribution in [-0.4, -0.2) is 23.6 Å². The molecule has 0 bridgehead atoms. The summed E-state index contributed by atoms with van der Waals surface area (Å²) in [5.41, 5.74) is 2.61. The van der Waals surface area contributed by atoms with Gasteiger partial charge in [-0.15, -0.1) is 0 Å². The zero-order valence-corrected chi connectivity index (χ0v) is 11.7. The van der Waals surface area contributed by atoms with Gasteiger partial charge in [-0.2, -0.15) is 4.98 Å². The van der Waals surface area contributed by atoms with E-state index in [1.807, 2.05) is 20.0 Å². The Labute approximate surface area is 114 Å². The van der Waals surface area contributed by atoms with Crippen molar-refractivity contribution in [2.24, 2.45) is 0 Å². The third-order valence-corrected chi connectivity index (χ3v) is 3.04. The fourth-order valence-corrected chi connectivity index (χ4v) is 1.93. The van der Waals surface area contributed by atoms with E-state index >= 15 is 0 Å². The smallest absolute Gasteiger partial charge is 0.224 e. The van der Waals surface area contributed by atoms with Crippen molar-refractivity contribution in [3.63, 3.8) is 0 Å². The molecule has 0 atom stereocenters. The minimum absolute atomic E-state index is 0.677. The van der Waals surface area contributed by atoms with Crippen LogP contribution in [0.1, 0.15) is 18.1 Å². The molecule has 0 spiro atoms. The quantitative estimate of drug-likeness (QED) is 0.893. The molecule has 4 nitrogen and oxygen atoms in total. The number of nitrogens with zero attached hydrogens (tertiary/aromatic N) is 3. The Hall–Kier alpha value is -2.10. The first kappa shape index (κ1) is 13.3. The third-order valence-electron chi connectivity index (χ3n) is 3.04. The van der Waals surface area contributed by atoms with Crippen LogP contribution in [0.15, 0.2) is 36.5 Å². The van der Waals surface area contributed by atoms with Crippen molar-refractivity contribution in [1.29, 1.82) is 0 Å². The molecular formula is C15H20N4. The van der Waals surface area contributed by atoms with Crippen molar-refractivity contribution in [1.82, 2.24) is 9.97 Å². The molecule has 0 aliphatic heterocycles. The summed E-state index contributed by atoms with van der Waals surface area (Å²) < 4.78 is 0. The van der Waals surface area contributed by atoms with E-state index in [0.29, 0.717) is 5.95 Å². The van der Waals surface area contributed by atoms with E-state index in [2.05, 4.69) is 51.4 Å². The molecule has 0 aliphatic rings. The van der Waals surface area contributed by atoms with Crippen molar-refractivity contribution in [2.45, 2.75) is 20.4 Å². The predicted molar refractivity (Wildman–Crippen MR) is 79.5 cm³/mol. The molecule has 4 heteroatoms. The topological polar surface area (TPSA) is 41.1 Å². The first-order chi connectivity index (χ1) is 9.20. The molecule has 0 amide bonds. The summed E-state index contributed by atoms with van der Waals surface area (Å²) in [6.45, 7) is 5.83. The highest BCUT2D eigenvalue weighted by Gasteiger charge is 2.06. The van der Waals surface area contributed by atoms with Gasteiger partial charge in [-0.25, -0.2) is 4.98 Å². The van der Waals surface area contributed by atoms with Crippen LogP contribution in [0.2, 0.25) is 0 Å². The molecule has 0 saturated carbocycles. The highest BCUT2D eigenvalue weighted by atomic mass is 15.2. The van der Waals surface area contributed by atoms with E-state index in [9.17, 15) is 0 Å². The average Bonchev–Trinajstić information content (AvgIpc) is 2.42. The molecule has 0 saturated heterocycles. The Balaban J connectivity index is 2.13. The van der Waals surface area contributed by atoms with Gasteiger partial charge in [0, 0.05) is 26.3 Å². The van der Waals surface area contributed by atoms with Gasteiger partial charge in [-0.1, -0.05) is 24.3 Å². The molecule has 0 fully saturated rings. The minimum atomic E-state index is 0.677. The van der Waals surface area contributed by atoms with Crippen LogP contribution in [0.25, 0.3) is 0 Å². The molecule has 1 N–H and O–H groups in total. The largest absolute Gasteiger partial charge is 0.355 e. The average molecular weight is 256 g/mol. The highest BCUT2D eigenvalue weighted by molar-refractivity contribution is 5.43. The zero-order valence-electron chi connectivity index (χ0n) is 11.7. The molecule has 2 rings (SSSR count). The van der Waals surface area contributed by atoms with E-state index in [-0.39, 0.29) is 0 Å². The summed E-state index contributed by atoms with van der Waals surface area (Å²) in [6.07, 6.45) is 1.79. The van der Waals surface area contributed by atoms with Gasteiger partial charge in [0.2, 0.25) is 5.95 Å². The monoisotopic (exact) mass is 256 g/mol. The van der Waals surface area contributed by atoms with Crippen molar-refractivity contribution in [2.75, 3.05) is 23.8 Å². The molecule has 0 aliphatic carbocycles. The van der Waals surface area contributed by atoms with Crippen molar-refractivity contribution < 1.29 is 0 Å². The van der Waals surface area contributed by atoms with E-state index in [1.165, 1.54) is 11.1 Å².